The van der Waals surface area contributed by atoms with Gasteiger partial charge in [0.1, 0.15) is 0 Å². The summed E-state index contributed by atoms with van der Waals surface area (Å²) in [5.74, 6) is 1.02. The van der Waals surface area contributed by atoms with E-state index in [0.717, 1.165) is 39.0 Å². The normalized spacial score (nSPS) is 27.4. The number of hydrogen-bond acceptors (Lipinski definition) is 5. The molecule has 0 bridgehead atoms. The summed E-state index contributed by atoms with van der Waals surface area (Å²) in [6.45, 7) is 10.6. The van der Waals surface area contributed by atoms with Crippen LogP contribution in [0.4, 0.5) is 0 Å². The molecule has 0 unspecified atom stereocenters. The van der Waals surface area contributed by atoms with Crippen LogP contribution in [0.25, 0.3) is 0 Å². The molecule has 3 saturated heterocycles. The molecule has 4 heterocycles. The number of fused-ring (bicyclic) bond motifs is 1. The minimum absolute atomic E-state index is 0.165. The van der Waals surface area contributed by atoms with Crippen molar-refractivity contribution < 1.29 is 14.3 Å². The van der Waals surface area contributed by atoms with Crippen LogP contribution < -0.4 is 0 Å². The quantitative estimate of drug-likeness (QED) is 0.704. The van der Waals surface area contributed by atoms with Gasteiger partial charge in [-0.3, -0.25) is 19.2 Å². The summed E-state index contributed by atoms with van der Waals surface area (Å²) in [6, 6.07) is 0. The minimum Gasteiger partial charge on any atom is -0.378 e. The van der Waals surface area contributed by atoms with Gasteiger partial charge in [0, 0.05) is 77.0 Å². The molecule has 0 spiro atoms. The number of aryl methyl sites for hydroxylation is 1. The zero-order chi connectivity index (χ0) is 22.0. The summed E-state index contributed by atoms with van der Waals surface area (Å²) < 4.78 is 7.32. The van der Waals surface area contributed by atoms with Crippen molar-refractivity contribution in [3.05, 3.63) is 18.0 Å². The van der Waals surface area contributed by atoms with Crippen LogP contribution in [0.2, 0.25) is 0 Å². The van der Waals surface area contributed by atoms with Crippen LogP contribution in [-0.2, 0) is 27.9 Å². The lowest BCUT2D eigenvalue weighted by molar-refractivity contribution is -0.149. The van der Waals surface area contributed by atoms with Gasteiger partial charge in [-0.25, -0.2) is 0 Å². The Kier molecular flexibility index (Phi) is 6.67. The third kappa shape index (κ3) is 4.80. The number of carbonyl (C=O) groups is 2. The topological polar surface area (TPSA) is 70.9 Å². The van der Waals surface area contributed by atoms with Crippen molar-refractivity contribution >= 4 is 11.8 Å². The molecule has 31 heavy (non-hydrogen) atoms. The highest BCUT2D eigenvalue weighted by atomic mass is 16.5. The molecule has 0 N–H and O–H groups in total. The molecule has 1 aromatic heterocycles. The summed E-state index contributed by atoms with van der Waals surface area (Å²) in [6.07, 6.45) is 6.27. The highest BCUT2D eigenvalue weighted by Gasteiger charge is 2.54. The third-order valence-corrected chi connectivity index (χ3v) is 7.08. The lowest BCUT2D eigenvalue weighted by Gasteiger charge is -2.39. The molecule has 0 aliphatic carbocycles. The summed E-state index contributed by atoms with van der Waals surface area (Å²) in [7, 11) is 1.93. The van der Waals surface area contributed by atoms with E-state index in [1.165, 1.54) is 5.56 Å². The lowest BCUT2D eigenvalue weighted by Crippen LogP contribution is -2.52. The molecule has 0 aromatic carbocycles. The number of hydrogen-bond donors (Lipinski definition) is 0. The standard InChI is InChI=1S/C23H37N5O3/c1-18(2)11-21(29)28-6-4-5-23(22(30)27-7-9-31-10-8-27)17-26(15-20(23)16-28)14-19-12-24-25(3)13-19/h12-13,18,20H,4-11,14-17H2,1-3H3/t20-,23+/m1/s1. The number of morpholine rings is 1. The predicted molar refractivity (Wildman–Crippen MR) is 117 cm³/mol. The number of nitrogens with zero attached hydrogens (tertiary/aromatic N) is 5. The first-order chi connectivity index (χ1) is 14.9. The van der Waals surface area contributed by atoms with Crippen LogP contribution in [0.5, 0.6) is 0 Å². The summed E-state index contributed by atoms with van der Waals surface area (Å²) in [5.41, 5.74) is 0.757. The van der Waals surface area contributed by atoms with Gasteiger partial charge in [0.2, 0.25) is 11.8 Å². The summed E-state index contributed by atoms with van der Waals surface area (Å²) in [5, 5.41) is 4.30. The Hall–Kier alpha value is -1.93. The van der Waals surface area contributed by atoms with Crippen molar-refractivity contribution in [2.45, 2.75) is 39.7 Å². The van der Waals surface area contributed by atoms with Gasteiger partial charge in [-0.15, -0.1) is 0 Å². The number of ether oxygens (including phenoxy) is 1. The molecule has 3 aliphatic rings. The molecule has 3 aliphatic heterocycles. The van der Waals surface area contributed by atoms with E-state index >= 15 is 0 Å². The van der Waals surface area contributed by atoms with Crippen LogP contribution in [0.1, 0.15) is 38.7 Å². The molecular weight excluding hydrogens is 394 g/mol. The van der Waals surface area contributed by atoms with E-state index in [0.29, 0.717) is 45.2 Å². The van der Waals surface area contributed by atoms with Gasteiger partial charge < -0.3 is 14.5 Å². The van der Waals surface area contributed by atoms with E-state index in [9.17, 15) is 9.59 Å². The average molecular weight is 432 g/mol. The Morgan fingerprint density at radius 3 is 2.65 bits per heavy atom. The number of amides is 2. The molecule has 172 valence electrons. The summed E-state index contributed by atoms with van der Waals surface area (Å²) in [4.78, 5) is 33.2. The molecule has 2 atom stereocenters. The third-order valence-electron chi connectivity index (χ3n) is 7.08. The van der Waals surface area contributed by atoms with Crippen LogP contribution in [0, 0.1) is 17.3 Å². The Balaban J connectivity index is 1.56. The smallest absolute Gasteiger partial charge is 0.230 e. The highest BCUT2D eigenvalue weighted by molar-refractivity contribution is 5.84. The Morgan fingerprint density at radius 1 is 1.19 bits per heavy atom. The van der Waals surface area contributed by atoms with Gasteiger partial charge in [-0.1, -0.05) is 13.8 Å². The summed E-state index contributed by atoms with van der Waals surface area (Å²) >= 11 is 0. The fraction of sp³-hybridized carbons (Fsp3) is 0.783. The van der Waals surface area contributed by atoms with Crippen molar-refractivity contribution in [2.75, 3.05) is 52.5 Å². The second-order valence-corrected chi connectivity index (χ2v) is 9.99. The van der Waals surface area contributed by atoms with Crippen molar-refractivity contribution in [1.29, 1.82) is 0 Å². The van der Waals surface area contributed by atoms with E-state index < -0.39 is 5.41 Å². The first-order valence-corrected chi connectivity index (χ1v) is 11.7. The molecule has 1 aromatic rings. The Labute approximate surface area is 185 Å². The van der Waals surface area contributed by atoms with Crippen LogP contribution in [0.3, 0.4) is 0 Å². The molecule has 0 saturated carbocycles. The molecule has 8 heteroatoms. The monoisotopic (exact) mass is 431 g/mol. The van der Waals surface area contributed by atoms with Gasteiger partial charge in [0.05, 0.1) is 24.8 Å². The van der Waals surface area contributed by atoms with E-state index in [1.54, 1.807) is 0 Å². The fourth-order valence-corrected chi connectivity index (χ4v) is 5.60. The first kappa shape index (κ1) is 22.3. The highest BCUT2D eigenvalue weighted by Crippen LogP contribution is 2.45. The lowest BCUT2D eigenvalue weighted by atomic mass is 9.73. The number of likely N-dealkylation sites (tertiary alicyclic amines) is 2. The van der Waals surface area contributed by atoms with Crippen molar-refractivity contribution in [2.24, 2.45) is 24.3 Å². The predicted octanol–water partition coefficient (Wildman–Crippen LogP) is 1.37. The molecular formula is C23H37N5O3. The van der Waals surface area contributed by atoms with Crippen molar-refractivity contribution in [3.8, 4) is 0 Å². The van der Waals surface area contributed by atoms with Gasteiger partial charge in [0.15, 0.2) is 0 Å². The van der Waals surface area contributed by atoms with E-state index in [2.05, 4.69) is 23.8 Å². The Morgan fingerprint density at radius 2 is 1.97 bits per heavy atom. The van der Waals surface area contributed by atoms with Gasteiger partial charge in [-0.2, -0.15) is 5.10 Å². The van der Waals surface area contributed by atoms with Crippen LogP contribution in [-0.4, -0.2) is 88.8 Å². The largest absolute Gasteiger partial charge is 0.378 e. The minimum atomic E-state index is -0.410. The SMILES string of the molecule is CC(C)CC(=O)N1CCC[C@]2(C(=O)N3CCOCC3)CN(Cc3cnn(C)c3)C[C@@H]2C1. The number of rotatable bonds is 5. The number of aromatic nitrogens is 2. The Bertz CT molecular complexity index is 788. The second-order valence-electron chi connectivity index (χ2n) is 9.99. The van der Waals surface area contributed by atoms with Crippen molar-refractivity contribution in [3.63, 3.8) is 0 Å². The van der Waals surface area contributed by atoms with Gasteiger partial charge in [-0.05, 0) is 18.8 Å². The van der Waals surface area contributed by atoms with E-state index in [4.69, 9.17) is 4.74 Å². The van der Waals surface area contributed by atoms with Crippen LogP contribution in [0.15, 0.2) is 12.4 Å². The average Bonchev–Trinajstić information content (AvgIpc) is 3.25. The molecule has 3 fully saturated rings. The maximum Gasteiger partial charge on any atom is 0.230 e. The van der Waals surface area contributed by atoms with E-state index in [1.807, 2.05) is 33.9 Å². The van der Waals surface area contributed by atoms with E-state index in [-0.39, 0.29) is 17.7 Å². The van der Waals surface area contributed by atoms with Crippen molar-refractivity contribution in [1.82, 2.24) is 24.5 Å². The second kappa shape index (κ2) is 9.28. The zero-order valence-electron chi connectivity index (χ0n) is 19.3. The first-order valence-electron chi connectivity index (χ1n) is 11.7. The fourth-order valence-electron chi connectivity index (χ4n) is 5.60. The molecule has 8 nitrogen and oxygen atoms in total. The molecule has 2 amide bonds. The maximum absolute atomic E-state index is 13.9. The van der Waals surface area contributed by atoms with Gasteiger partial charge >= 0.3 is 0 Å². The zero-order valence-corrected chi connectivity index (χ0v) is 19.3. The van der Waals surface area contributed by atoms with Gasteiger partial charge in [0.25, 0.3) is 0 Å². The molecule has 0 radical (unpaired) electrons. The molecule has 4 rings (SSSR count). The maximum atomic E-state index is 13.9. The van der Waals surface area contributed by atoms with Crippen LogP contribution >= 0.6 is 0 Å². The number of carbonyl (C=O) groups excluding carboxylic acids is 2.